The quantitative estimate of drug-likeness (QED) is 0.404. The molecule has 0 bridgehead atoms. The van der Waals surface area contributed by atoms with E-state index < -0.39 is 0 Å². The first-order valence-corrected chi connectivity index (χ1v) is 7.13. The van der Waals surface area contributed by atoms with E-state index in [1.807, 2.05) is 6.07 Å². The Morgan fingerprint density at radius 3 is 2.75 bits per heavy atom. The summed E-state index contributed by atoms with van der Waals surface area (Å²) in [6, 6.07) is 1.84. The van der Waals surface area contributed by atoms with Crippen molar-refractivity contribution in [3.63, 3.8) is 0 Å². The Kier molecular flexibility index (Phi) is 11.5. The van der Waals surface area contributed by atoms with Gasteiger partial charge >= 0.3 is 0 Å². The molecular weight excluding hydrogens is 367 g/mol. The summed E-state index contributed by atoms with van der Waals surface area (Å²) in [4.78, 5) is 4.21. The van der Waals surface area contributed by atoms with Gasteiger partial charge < -0.3 is 15.2 Å². The maximum atomic E-state index is 4.79. The number of aromatic nitrogens is 1. The predicted octanol–water partition coefficient (Wildman–Crippen LogP) is 3.17. The summed E-state index contributed by atoms with van der Waals surface area (Å²) >= 11 is 0. The van der Waals surface area contributed by atoms with Gasteiger partial charge in [0.15, 0.2) is 5.96 Å². The van der Waals surface area contributed by atoms with Gasteiger partial charge in [0.25, 0.3) is 0 Å². The number of hydrogen-bond acceptors (Lipinski definition) is 3. The van der Waals surface area contributed by atoms with Gasteiger partial charge in [0, 0.05) is 19.7 Å². The predicted molar refractivity (Wildman–Crippen MR) is 93.4 cm³/mol. The van der Waals surface area contributed by atoms with E-state index in [4.69, 9.17) is 4.52 Å². The zero-order valence-corrected chi connectivity index (χ0v) is 15.0. The van der Waals surface area contributed by atoms with E-state index in [-0.39, 0.29) is 24.0 Å². The summed E-state index contributed by atoms with van der Waals surface area (Å²) in [5.74, 6) is 1.53. The molecule has 0 saturated heterocycles. The van der Waals surface area contributed by atoms with Crippen molar-refractivity contribution in [1.82, 2.24) is 15.8 Å². The van der Waals surface area contributed by atoms with Gasteiger partial charge in [0.2, 0.25) is 0 Å². The lowest BCUT2D eigenvalue weighted by molar-refractivity contribution is 0.410. The van der Waals surface area contributed by atoms with Crippen molar-refractivity contribution >= 4 is 29.9 Å². The van der Waals surface area contributed by atoms with Crippen LogP contribution in [-0.2, 0) is 6.54 Å². The van der Waals surface area contributed by atoms with Crippen LogP contribution in [0.15, 0.2) is 21.8 Å². The van der Waals surface area contributed by atoms with Crippen LogP contribution in [0.2, 0.25) is 0 Å². The summed E-state index contributed by atoms with van der Waals surface area (Å²) in [5, 5.41) is 10.5. The van der Waals surface area contributed by atoms with Gasteiger partial charge in [-0.25, -0.2) is 0 Å². The van der Waals surface area contributed by atoms with E-state index in [1.165, 1.54) is 25.7 Å². The first-order chi connectivity index (χ1) is 9.30. The highest BCUT2D eigenvalue weighted by atomic mass is 127. The molecule has 0 aliphatic carbocycles. The van der Waals surface area contributed by atoms with Gasteiger partial charge in [-0.05, 0) is 12.3 Å². The molecular formula is C14H27IN4O. The highest BCUT2D eigenvalue weighted by molar-refractivity contribution is 14.0. The molecule has 0 radical (unpaired) electrons. The van der Waals surface area contributed by atoms with Gasteiger partial charge in [-0.1, -0.05) is 38.3 Å². The van der Waals surface area contributed by atoms with Crippen LogP contribution in [0.5, 0.6) is 0 Å². The van der Waals surface area contributed by atoms with Crippen LogP contribution in [0, 0.1) is 5.92 Å². The minimum Gasteiger partial charge on any atom is -0.364 e. The van der Waals surface area contributed by atoms with Crippen LogP contribution in [-0.4, -0.2) is 24.7 Å². The average molecular weight is 394 g/mol. The molecule has 1 aromatic heterocycles. The van der Waals surface area contributed by atoms with E-state index in [0.29, 0.717) is 12.5 Å². The summed E-state index contributed by atoms with van der Waals surface area (Å²) in [5.41, 5.74) is 0.876. The molecule has 20 heavy (non-hydrogen) atoms. The SMILES string of the molecule is CCCCC(CC)CNC(=NC)NCc1ccon1.I. The lowest BCUT2D eigenvalue weighted by Gasteiger charge is -2.17. The molecule has 0 aliphatic rings. The monoisotopic (exact) mass is 394 g/mol. The maximum Gasteiger partial charge on any atom is 0.191 e. The molecule has 1 atom stereocenters. The second-order valence-electron chi connectivity index (χ2n) is 4.71. The molecule has 116 valence electrons. The molecule has 2 N–H and O–H groups in total. The van der Waals surface area contributed by atoms with Crippen molar-refractivity contribution < 1.29 is 4.52 Å². The normalized spacial score (nSPS) is 12.7. The second kappa shape index (κ2) is 12.0. The standard InChI is InChI=1S/C14H26N4O.HI/c1-4-6-7-12(5-2)10-16-14(15-3)17-11-13-8-9-19-18-13;/h8-9,12H,4-7,10-11H2,1-3H3,(H2,15,16,17);1H. The highest BCUT2D eigenvalue weighted by Crippen LogP contribution is 2.10. The number of halogens is 1. The summed E-state index contributed by atoms with van der Waals surface area (Å²) < 4.78 is 4.79. The first kappa shape index (κ1) is 19.2. The van der Waals surface area contributed by atoms with Crippen molar-refractivity contribution in [2.45, 2.75) is 46.1 Å². The molecule has 1 aromatic rings. The lowest BCUT2D eigenvalue weighted by atomic mass is 9.99. The van der Waals surface area contributed by atoms with Gasteiger partial charge in [-0.2, -0.15) is 0 Å². The Morgan fingerprint density at radius 1 is 1.40 bits per heavy atom. The number of nitrogens with one attached hydrogen (secondary N) is 2. The molecule has 0 saturated carbocycles. The number of nitrogens with zero attached hydrogens (tertiary/aromatic N) is 2. The Bertz CT molecular complexity index is 354. The third kappa shape index (κ3) is 7.72. The van der Waals surface area contributed by atoms with Gasteiger partial charge in [0.05, 0.1) is 6.54 Å². The number of rotatable bonds is 8. The molecule has 1 heterocycles. The lowest BCUT2D eigenvalue weighted by Crippen LogP contribution is -2.39. The second-order valence-corrected chi connectivity index (χ2v) is 4.71. The van der Waals surface area contributed by atoms with E-state index in [0.717, 1.165) is 18.2 Å². The summed E-state index contributed by atoms with van der Waals surface area (Å²) in [6.45, 7) is 6.07. The molecule has 0 spiro atoms. The number of unbranched alkanes of at least 4 members (excludes halogenated alkanes) is 1. The van der Waals surface area contributed by atoms with Gasteiger partial charge in [-0.15, -0.1) is 24.0 Å². The van der Waals surface area contributed by atoms with Crippen LogP contribution in [0.25, 0.3) is 0 Å². The van der Waals surface area contributed by atoms with E-state index in [9.17, 15) is 0 Å². The molecule has 6 heteroatoms. The van der Waals surface area contributed by atoms with Crippen molar-refractivity contribution in [2.75, 3.05) is 13.6 Å². The van der Waals surface area contributed by atoms with Crippen LogP contribution in [0.1, 0.15) is 45.2 Å². The molecule has 0 amide bonds. The molecule has 1 unspecified atom stereocenters. The summed E-state index contributed by atoms with van der Waals surface area (Å²) in [6.07, 6.45) is 6.61. The highest BCUT2D eigenvalue weighted by Gasteiger charge is 2.07. The molecule has 0 aliphatic heterocycles. The molecule has 0 aromatic carbocycles. The zero-order valence-electron chi connectivity index (χ0n) is 12.7. The third-order valence-corrected chi connectivity index (χ3v) is 3.25. The fourth-order valence-electron chi connectivity index (χ4n) is 1.91. The summed E-state index contributed by atoms with van der Waals surface area (Å²) in [7, 11) is 1.78. The van der Waals surface area contributed by atoms with E-state index in [2.05, 4.69) is 34.6 Å². The van der Waals surface area contributed by atoms with Crippen LogP contribution < -0.4 is 10.6 Å². The first-order valence-electron chi connectivity index (χ1n) is 7.13. The fourth-order valence-corrected chi connectivity index (χ4v) is 1.91. The van der Waals surface area contributed by atoms with Crippen LogP contribution >= 0.6 is 24.0 Å². The van der Waals surface area contributed by atoms with Gasteiger partial charge in [-0.3, -0.25) is 4.99 Å². The number of guanidine groups is 1. The zero-order chi connectivity index (χ0) is 13.9. The topological polar surface area (TPSA) is 62.5 Å². The number of hydrogen-bond donors (Lipinski definition) is 2. The molecule has 0 fully saturated rings. The van der Waals surface area contributed by atoms with Crippen LogP contribution in [0.3, 0.4) is 0 Å². The Labute approximate surface area is 139 Å². The largest absolute Gasteiger partial charge is 0.364 e. The average Bonchev–Trinajstić information content (AvgIpc) is 2.95. The van der Waals surface area contributed by atoms with Crippen molar-refractivity contribution in [2.24, 2.45) is 10.9 Å². The van der Waals surface area contributed by atoms with Crippen molar-refractivity contribution in [3.8, 4) is 0 Å². The van der Waals surface area contributed by atoms with Gasteiger partial charge in [0.1, 0.15) is 12.0 Å². The van der Waals surface area contributed by atoms with Crippen LogP contribution in [0.4, 0.5) is 0 Å². The maximum absolute atomic E-state index is 4.79. The Morgan fingerprint density at radius 2 is 2.20 bits per heavy atom. The van der Waals surface area contributed by atoms with Crippen molar-refractivity contribution in [3.05, 3.63) is 18.0 Å². The molecule has 5 nitrogen and oxygen atoms in total. The minimum absolute atomic E-state index is 0. The molecule has 1 rings (SSSR count). The third-order valence-electron chi connectivity index (χ3n) is 3.25. The van der Waals surface area contributed by atoms with Crippen molar-refractivity contribution in [1.29, 1.82) is 0 Å². The van der Waals surface area contributed by atoms with E-state index in [1.54, 1.807) is 13.3 Å². The smallest absolute Gasteiger partial charge is 0.191 e. The Balaban J connectivity index is 0.00000361. The Hall–Kier alpha value is -0.790. The fraction of sp³-hybridized carbons (Fsp3) is 0.714. The number of aliphatic imine (C=N–C) groups is 1. The minimum atomic E-state index is 0. The van der Waals surface area contributed by atoms with E-state index >= 15 is 0 Å².